The third kappa shape index (κ3) is 3.39. The molecular weight excluding hydrogens is 302 g/mol. The molecule has 3 rings (SSSR count). The van der Waals surface area contributed by atoms with E-state index >= 15 is 0 Å². The highest BCUT2D eigenvalue weighted by molar-refractivity contribution is 5.94. The SMILES string of the molecule is O=C(NCc1ccnc(-n2cccn2)c1)c1ccc(F)cc1F. The summed E-state index contributed by atoms with van der Waals surface area (Å²) in [7, 11) is 0. The highest BCUT2D eigenvalue weighted by Gasteiger charge is 2.12. The summed E-state index contributed by atoms with van der Waals surface area (Å²) in [5, 5.41) is 6.66. The van der Waals surface area contributed by atoms with Crippen molar-refractivity contribution in [3.05, 3.63) is 77.8 Å². The first-order valence-corrected chi connectivity index (χ1v) is 6.82. The van der Waals surface area contributed by atoms with Gasteiger partial charge in [-0.25, -0.2) is 18.4 Å². The molecule has 7 heteroatoms. The number of benzene rings is 1. The van der Waals surface area contributed by atoms with E-state index in [0.717, 1.165) is 17.7 Å². The van der Waals surface area contributed by atoms with Crippen molar-refractivity contribution < 1.29 is 13.6 Å². The summed E-state index contributed by atoms with van der Waals surface area (Å²) in [4.78, 5) is 16.1. The quantitative estimate of drug-likeness (QED) is 0.805. The maximum Gasteiger partial charge on any atom is 0.254 e. The van der Waals surface area contributed by atoms with Gasteiger partial charge in [-0.2, -0.15) is 5.10 Å². The average molecular weight is 314 g/mol. The van der Waals surface area contributed by atoms with E-state index in [1.54, 1.807) is 41.5 Å². The smallest absolute Gasteiger partial charge is 0.254 e. The first-order chi connectivity index (χ1) is 11.1. The van der Waals surface area contributed by atoms with Gasteiger partial charge in [0.25, 0.3) is 5.91 Å². The highest BCUT2D eigenvalue weighted by atomic mass is 19.1. The van der Waals surface area contributed by atoms with Crippen LogP contribution in [0.15, 0.2) is 55.0 Å². The van der Waals surface area contributed by atoms with Gasteiger partial charge in [-0.05, 0) is 35.9 Å². The molecule has 0 radical (unpaired) electrons. The van der Waals surface area contributed by atoms with Gasteiger partial charge >= 0.3 is 0 Å². The molecule has 0 aliphatic heterocycles. The number of halogens is 2. The van der Waals surface area contributed by atoms with Crippen molar-refractivity contribution in [2.24, 2.45) is 0 Å². The molecule has 1 N–H and O–H groups in total. The molecule has 0 aliphatic rings. The van der Waals surface area contributed by atoms with E-state index in [4.69, 9.17) is 0 Å². The van der Waals surface area contributed by atoms with Crippen molar-refractivity contribution in [3.63, 3.8) is 0 Å². The number of nitrogens with one attached hydrogen (secondary N) is 1. The molecule has 1 amide bonds. The Hall–Kier alpha value is -3.09. The molecule has 2 aromatic heterocycles. The van der Waals surface area contributed by atoms with Gasteiger partial charge in [0.1, 0.15) is 11.6 Å². The van der Waals surface area contributed by atoms with Crippen LogP contribution in [0.25, 0.3) is 5.82 Å². The van der Waals surface area contributed by atoms with E-state index in [1.165, 1.54) is 0 Å². The van der Waals surface area contributed by atoms with Crippen LogP contribution >= 0.6 is 0 Å². The fourth-order valence-electron chi connectivity index (χ4n) is 2.05. The summed E-state index contributed by atoms with van der Waals surface area (Å²) in [6, 6.07) is 8.09. The Bertz CT molecular complexity index is 834. The van der Waals surface area contributed by atoms with Gasteiger partial charge in [-0.1, -0.05) is 0 Å². The number of rotatable bonds is 4. The maximum absolute atomic E-state index is 13.6. The minimum Gasteiger partial charge on any atom is -0.348 e. The third-order valence-electron chi connectivity index (χ3n) is 3.18. The number of nitrogens with zero attached hydrogens (tertiary/aromatic N) is 3. The van der Waals surface area contributed by atoms with Crippen LogP contribution in [0.2, 0.25) is 0 Å². The normalized spacial score (nSPS) is 10.5. The summed E-state index contributed by atoms with van der Waals surface area (Å²) >= 11 is 0. The number of pyridine rings is 1. The van der Waals surface area contributed by atoms with Gasteiger partial charge in [0.15, 0.2) is 5.82 Å². The Balaban J connectivity index is 1.71. The molecule has 116 valence electrons. The Morgan fingerprint density at radius 2 is 2.04 bits per heavy atom. The Morgan fingerprint density at radius 3 is 2.78 bits per heavy atom. The molecule has 0 unspecified atom stereocenters. The zero-order valence-corrected chi connectivity index (χ0v) is 11.9. The third-order valence-corrected chi connectivity index (χ3v) is 3.18. The number of hydrogen-bond acceptors (Lipinski definition) is 3. The van der Waals surface area contributed by atoms with Gasteiger partial charge in [0.05, 0.1) is 5.56 Å². The second-order valence-corrected chi connectivity index (χ2v) is 4.78. The first kappa shape index (κ1) is 14.8. The molecule has 0 aliphatic carbocycles. The van der Waals surface area contributed by atoms with E-state index in [-0.39, 0.29) is 12.1 Å². The molecular formula is C16H12F2N4O. The number of amides is 1. The van der Waals surface area contributed by atoms with Crippen LogP contribution in [-0.4, -0.2) is 20.7 Å². The van der Waals surface area contributed by atoms with Crippen LogP contribution in [0, 0.1) is 11.6 Å². The number of carbonyl (C=O) groups excluding carboxylic acids is 1. The minimum atomic E-state index is -0.894. The van der Waals surface area contributed by atoms with Crippen molar-refractivity contribution in [3.8, 4) is 5.82 Å². The van der Waals surface area contributed by atoms with Crippen LogP contribution in [-0.2, 0) is 6.54 Å². The van der Waals surface area contributed by atoms with Crippen molar-refractivity contribution in [2.45, 2.75) is 6.54 Å². The van der Waals surface area contributed by atoms with Crippen molar-refractivity contribution in [1.82, 2.24) is 20.1 Å². The van der Waals surface area contributed by atoms with Crippen molar-refractivity contribution in [1.29, 1.82) is 0 Å². The second kappa shape index (κ2) is 6.35. The molecule has 0 saturated carbocycles. The zero-order chi connectivity index (χ0) is 16.2. The Morgan fingerprint density at radius 1 is 1.17 bits per heavy atom. The lowest BCUT2D eigenvalue weighted by Gasteiger charge is -2.08. The largest absolute Gasteiger partial charge is 0.348 e. The van der Waals surface area contributed by atoms with Crippen LogP contribution in [0.3, 0.4) is 0 Å². The van der Waals surface area contributed by atoms with Gasteiger partial charge in [-0.3, -0.25) is 4.79 Å². The van der Waals surface area contributed by atoms with Crippen LogP contribution in [0.4, 0.5) is 8.78 Å². The topological polar surface area (TPSA) is 59.8 Å². The molecule has 0 spiro atoms. The second-order valence-electron chi connectivity index (χ2n) is 4.78. The standard InChI is InChI=1S/C16H12F2N4O/c17-12-2-3-13(14(18)9-12)16(23)20-10-11-4-6-19-15(8-11)22-7-1-5-21-22/h1-9H,10H2,(H,20,23). The molecule has 3 aromatic rings. The average Bonchev–Trinajstić information content (AvgIpc) is 3.07. The number of hydrogen-bond donors (Lipinski definition) is 1. The fourth-order valence-corrected chi connectivity index (χ4v) is 2.05. The summed E-state index contributed by atoms with van der Waals surface area (Å²) in [6.07, 6.45) is 4.98. The van der Waals surface area contributed by atoms with Crippen LogP contribution in [0.1, 0.15) is 15.9 Å². The molecule has 1 aromatic carbocycles. The van der Waals surface area contributed by atoms with Gasteiger partial charge in [0, 0.05) is 31.2 Å². The molecule has 0 bridgehead atoms. The molecule has 5 nitrogen and oxygen atoms in total. The molecule has 2 heterocycles. The van der Waals surface area contributed by atoms with Crippen molar-refractivity contribution in [2.75, 3.05) is 0 Å². The van der Waals surface area contributed by atoms with Gasteiger partial charge in [-0.15, -0.1) is 0 Å². The Kier molecular flexibility index (Phi) is 4.09. The predicted molar refractivity (Wildman–Crippen MR) is 78.9 cm³/mol. The Labute approximate surface area is 130 Å². The van der Waals surface area contributed by atoms with Crippen LogP contribution < -0.4 is 5.32 Å². The lowest BCUT2D eigenvalue weighted by molar-refractivity contribution is 0.0947. The lowest BCUT2D eigenvalue weighted by Crippen LogP contribution is -2.24. The highest BCUT2D eigenvalue weighted by Crippen LogP contribution is 2.10. The van der Waals surface area contributed by atoms with E-state index in [9.17, 15) is 13.6 Å². The van der Waals surface area contributed by atoms with E-state index in [0.29, 0.717) is 11.9 Å². The van der Waals surface area contributed by atoms with Gasteiger partial charge < -0.3 is 5.32 Å². The summed E-state index contributed by atoms with van der Waals surface area (Å²) in [5.41, 5.74) is 0.578. The molecule has 0 fully saturated rings. The maximum atomic E-state index is 13.6. The first-order valence-electron chi connectivity index (χ1n) is 6.82. The van der Waals surface area contributed by atoms with E-state index in [1.807, 2.05) is 0 Å². The number of aromatic nitrogens is 3. The van der Waals surface area contributed by atoms with Crippen LogP contribution in [0.5, 0.6) is 0 Å². The van der Waals surface area contributed by atoms with E-state index in [2.05, 4.69) is 15.4 Å². The van der Waals surface area contributed by atoms with Gasteiger partial charge in [0.2, 0.25) is 0 Å². The minimum absolute atomic E-state index is 0.187. The summed E-state index contributed by atoms with van der Waals surface area (Å²) < 4.78 is 28.0. The summed E-state index contributed by atoms with van der Waals surface area (Å²) in [5.74, 6) is -1.62. The molecule has 0 atom stereocenters. The lowest BCUT2D eigenvalue weighted by atomic mass is 10.2. The van der Waals surface area contributed by atoms with Crippen molar-refractivity contribution >= 4 is 5.91 Å². The predicted octanol–water partition coefficient (Wildman–Crippen LogP) is 2.48. The fraction of sp³-hybridized carbons (Fsp3) is 0.0625. The summed E-state index contributed by atoms with van der Waals surface area (Å²) in [6.45, 7) is 0.187. The number of carbonyl (C=O) groups is 1. The molecule has 23 heavy (non-hydrogen) atoms. The zero-order valence-electron chi connectivity index (χ0n) is 11.9. The monoisotopic (exact) mass is 314 g/mol. The molecule has 0 saturated heterocycles. The van der Waals surface area contributed by atoms with E-state index < -0.39 is 17.5 Å².